The van der Waals surface area contributed by atoms with Crippen molar-refractivity contribution in [2.24, 2.45) is 0 Å². The summed E-state index contributed by atoms with van der Waals surface area (Å²) in [6, 6.07) is 5.57. The van der Waals surface area contributed by atoms with Crippen LogP contribution in [0.3, 0.4) is 0 Å². The minimum atomic E-state index is -0.855. The number of nitrogens with zero attached hydrogens (tertiary/aromatic N) is 1. The molecular formula is C13H18N2O2. The minimum absolute atomic E-state index is 0.390. The van der Waals surface area contributed by atoms with Gasteiger partial charge in [0.15, 0.2) is 0 Å². The van der Waals surface area contributed by atoms with Crippen molar-refractivity contribution in [1.82, 2.24) is 5.32 Å². The van der Waals surface area contributed by atoms with Crippen LogP contribution in [0.4, 0.5) is 5.69 Å². The van der Waals surface area contributed by atoms with Crippen LogP contribution in [0.2, 0.25) is 0 Å². The molecule has 2 N–H and O–H groups in total. The van der Waals surface area contributed by atoms with E-state index in [2.05, 4.69) is 10.2 Å². The third kappa shape index (κ3) is 2.77. The fourth-order valence-electron chi connectivity index (χ4n) is 2.19. The predicted octanol–water partition coefficient (Wildman–Crippen LogP) is 1.49. The first kappa shape index (κ1) is 11.9. The number of anilines is 1. The number of aryl methyl sites for hydroxylation is 1. The van der Waals surface area contributed by atoms with Crippen LogP contribution < -0.4 is 10.2 Å². The molecule has 1 fully saturated rings. The van der Waals surface area contributed by atoms with Crippen molar-refractivity contribution >= 4 is 11.7 Å². The molecule has 4 heteroatoms. The maximum absolute atomic E-state index is 10.9. The topological polar surface area (TPSA) is 52.6 Å². The molecule has 0 atom stereocenters. The molecule has 4 nitrogen and oxygen atoms in total. The van der Waals surface area contributed by atoms with Gasteiger partial charge in [-0.1, -0.05) is 0 Å². The fourth-order valence-corrected chi connectivity index (χ4v) is 2.19. The van der Waals surface area contributed by atoms with E-state index in [4.69, 9.17) is 5.11 Å². The van der Waals surface area contributed by atoms with Crippen LogP contribution in [0.15, 0.2) is 18.2 Å². The number of rotatable bonds is 2. The van der Waals surface area contributed by atoms with E-state index in [1.165, 1.54) is 0 Å². The highest BCUT2D eigenvalue weighted by molar-refractivity contribution is 5.89. The third-order valence-corrected chi connectivity index (χ3v) is 3.15. The third-order valence-electron chi connectivity index (χ3n) is 3.15. The van der Waals surface area contributed by atoms with Crippen molar-refractivity contribution in [3.8, 4) is 0 Å². The molecule has 0 spiro atoms. The maximum Gasteiger partial charge on any atom is 0.335 e. The fraction of sp³-hybridized carbons (Fsp3) is 0.462. The summed E-state index contributed by atoms with van der Waals surface area (Å²) in [7, 11) is 0. The second kappa shape index (κ2) is 5.19. The summed E-state index contributed by atoms with van der Waals surface area (Å²) in [5.74, 6) is -0.855. The standard InChI is InChI=1S/C13H18N2O2/c1-10-9-11(3-4-12(10)13(16)17)15-7-2-5-14-6-8-15/h3-4,9,14H,2,5-8H2,1H3,(H,16,17). The molecule has 0 bridgehead atoms. The number of carboxylic acid groups (broad SMARTS) is 1. The normalized spacial score (nSPS) is 16.6. The van der Waals surface area contributed by atoms with Gasteiger partial charge in [0.05, 0.1) is 5.56 Å². The van der Waals surface area contributed by atoms with Gasteiger partial charge < -0.3 is 15.3 Å². The predicted molar refractivity (Wildman–Crippen MR) is 67.8 cm³/mol. The first-order valence-electron chi connectivity index (χ1n) is 5.98. The van der Waals surface area contributed by atoms with Crippen molar-refractivity contribution in [3.63, 3.8) is 0 Å². The van der Waals surface area contributed by atoms with Crippen LogP contribution >= 0.6 is 0 Å². The number of carboxylic acids is 1. The van der Waals surface area contributed by atoms with Gasteiger partial charge in [-0.2, -0.15) is 0 Å². The average molecular weight is 234 g/mol. The summed E-state index contributed by atoms with van der Waals surface area (Å²) < 4.78 is 0. The largest absolute Gasteiger partial charge is 0.478 e. The maximum atomic E-state index is 10.9. The molecule has 0 aromatic heterocycles. The highest BCUT2D eigenvalue weighted by Crippen LogP contribution is 2.20. The lowest BCUT2D eigenvalue weighted by Crippen LogP contribution is -2.27. The van der Waals surface area contributed by atoms with Crippen LogP contribution in [-0.2, 0) is 0 Å². The Bertz CT molecular complexity index is 410. The van der Waals surface area contributed by atoms with Gasteiger partial charge in [0, 0.05) is 25.3 Å². The molecule has 0 radical (unpaired) electrons. The van der Waals surface area contributed by atoms with Crippen molar-refractivity contribution in [2.45, 2.75) is 13.3 Å². The smallest absolute Gasteiger partial charge is 0.335 e. The Balaban J connectivity index is 2.21. The quantitative estimate of drug-likeness (QED) is 0.814. The van der Waals surface area contributed by atoms with Gasteiger partial charge >= 0.3 is 5.97 Å². The Morgan fingerprint density at radius 1 is 1.35 bits per heavy atom. The van der Waals surface area contributed by atoms with Crippen molar-refractivity contribution < 1.29 is 9.90 Å². The van der Waals surface area contributed by atoms with Crippen molar-refractivity contribution in [1.29, 1.82) is 0 Å². The molecule has 17 heavy (non-hydrogen) atoms. The summed E-state index contributed by atoms with van der Waals surface area (Å²) in [5, 5.41) is 12.3. The molecule has 0 amide bonds. The zero-order chi connectivity index (χ0) is 12.3. The van der Waals surface area contributed by atoms with E-state index in [0.29, 0.717) is 5.56 Å². The molecular weight excluding hydrogens is 216 g/mol. The Morgan fingerprint density at radius 3 is 2.88 bits per heavy atom. The van der Waals surface area contributed by atoms with Gasteiger partial charge in [-0.05, 0) is 43.7 Å². The molecule has 92 valence electrons. The molecule has 0 saturated carbocycles. The van der Waals surface area contributed by atoms with Gasteiger partial charge in [-0.15, -0.1) is 0 Å². The number of hydrogen-bond acceptors (Lipinski definition) is 3. The summed E-state index contributed by atoms with van der Waals surface area (Å²) in [5.41, 5.74) is 2.34. The molecule has 1 saturated heterocycles. The summed E-state index contributed by atoms with van der Waals surface area (Å²) in [6.45, 7) is 5.90. The summed E-state index contributed by atoms with van der Waals surface area (Å²) in [4.78, 5) is 13.2. The Labute approximate surface area is 101 Å². The van der Waals surface area contributed by atoms with E-state index < -0.39 is 5.97 Å². The molecule has 2 rings (SSSR count). The Hall–Kier alpha value is -1.55. The van der Waals surface area contributed by atoms with E-state index in [-0.39, 0.29) is 0 Å². The van der Waals surface area contributed by atoms with Crippen LogP contribution in [-0.4, -0.2) is 37.3 Å². The van der Waals surface area contributed by atoms with Crippen LogP contribution in [0.25, 0.3) is 0 Å². The van der Waals surface area contributed by atoms with Crippen molar-refractivity contribution in [3.05, 3.63) is 29.3 Å². The zero-order valence-corrected chi connectivity index (χ0v) is 10.1. The second-order valence-electron chi connectivity index (χ2n) is 4.39. The highest BCUT2D eigenvalue weighted by Gasteiger charge is 2.12. The molecule has 1 aromatic rings. The molecule has 1 aromatic carbocycles. The van der Waals surface area contributed by atoms with E-state index >= 15 is 0 Å². The first-order valence-corrected chi connectivity index (χ1v) is 5.98. The number of aromatic carboxylic acids is 1. The molecule has 1 aliphatic heterocycles. The molecule has 1 heterocycles. The summed E-state index contributed by atoms with van der Waals surface area (Å²) in [6.07, 6.45) is 1.12. The van der Waals surface area contributed by atoms with Crippen LogP contribution in [0.1, 0.15) is 22.3 Å². The van der Waals surface area contributed by atoms with Gasteiger partial charge in [0.1, 0.15) is 0 Å². The summed E-state index contributed by atoms with van der Waals surface area (Å²) >= 11 is 0. The molecule has 0 aliphatic carbocycles. The zero-order valence-electron chi connectivity index (χ0n) is 10.1. The van der Waals surface area contributed by atoms with Crippen molar-refractivity contribution in [2.75, 3.05) is 31.1 Å². The monoisotopic (exact) mass is 234 g/mol. The van der Waals surface area contributed by atoms with E-state index in [0.717, 1.165) is 43.9 Å². The Morgan fingerprint density at radius 2 is 2.18 bits per heavy atom. The first-order chi connectivity index (χ1) is 8.18. The van der Waals surface area contributed by atoms with Gasteiger partial charge in [0.25, 0.3) is 0 Å². The minimum Gasteiger partial charge on any atom is -0.478 e. The van der Waals surface area contributed by atoms with Crippen LogP contribution in [0, 0.1) is 6.92 Å². The van der Waals surface area contributed by atoms with Gasteiger partial charge in [-0.25, -0.2) is 4.79 Å². The van der Waals surface area contributed by atoms with E-state index in [1.807, 2.05) is 19.1 Å². The van der Waals surface area contributed by atoms with Gasteiger partial charge in [-0.3, -0.25) is 0 Å². The highest BCUT2D eigenvalue weighted by atomic mass is 16.4. The lowest BCUT2D eigenvalue weighted by atomic mass is 10.1. The second-order valence-corrected chi connectivity index (χ2v) is 4.39. The molecule has 0 unspecified atom stereocenters. The van der Waals surface area contributed by atoms with Crippen LogP contribution in [0.5, 0.6) is 0 Å². The number of nitrogens with one attached hydrogen (secondary N) is 1. The average Bonchev–Trinajstić information content (AvgIpc) is 2.56. The van der Waals surface area contributed by atoms with E-state index in [9.17, 15) is 4.79 Å². The lowest BCUT2D eigenvalue weighted by molar-refractivity contribution is 0.0696. The van der Waals surface area contributed by atoms with Gasteiger partial charge in [0.2, 0.25) is 0 Å². The van der Waals surface area contributed by atoms with E-state index in [1.54, 1.807) is 6.07 Å². The SMILES string of the molecule is Cc1cc(N2CCCNCC2)ccc1C(=O)O. The Kier molecular flexibility index (Phi) is 3.64. The number of hydrogen-bond donors (Lipinski definition) is 2. The lowest BCUT2D eigenvalue weighted by Gasteiger charge is -2.23. The molecule has 1 aliphatic rings. The number of benzene rings is 1. The number of carbonyl (C=O) groups is 1.